The predicted octanol–water partition coefficient (Wildman–Crippen LogP) is 2.87. The molecule has 2 nitrogen and oxygen atoms in total. The van der Waals surface area contributed by atoms with Crippen LogP contribution in [0.3, 0.4) is 0 Å². The summed E-state index contributed by atoms with van der Waals surface area (Å²) in [5.74, 6) is 1.10. The lowest BCUT2D eigenvalue weighted by Gasteiger charge is -2.25. The maximum Gasteiger partial charge on any atom is 0.122 e. The molecule has 98 valence electrons. The number of fused-ring (bicyclic) bond motifs is 1. The topological polar surface area (TPSA) is 21.3 Å². The number of methoxy groups -OCH3 is 1. The fourth-order valence-corrected chi connectivity index (χ4v) is 3.48. The van der Waals surface area contributed by atoms with Crippen LogP contribution in [0, 0.1) is 0 Å². The molecule has 0 aromatic heterocycles. The number of aryl methyl sites for hydroxylation is 1. The number of benzene rings is 1. The van der Waals surface area contributed by atoms with E-state index in [0.717, 1.165) is 12.2 Å². The van der Waals surface area contributed by atoms with Gasteiger partial charge in [0.2, 0.25) is 0 Å². The van der Waals surface area contributed by atoms with Crippen LogP contribution >= 0.6 is 0 Å². The van der Waals surface area contributed by atoms with Gasteiger partial charge < -0.3 is 10.1 Å². The summed E-state index contributed by atoms with van der Waals surface area (Å²) in [6.45, 7) is 1.18. The molecule has 1 unspecified atom stereocenters. The first kappa shape index (κ1) is 12.0. The molecule has 1 heterocycles. The second-order valence-electron chi connectivity index (χ2n) is 5.59. The van der Waals surface area contributed by atoms with Gasteiger partial charge in [0.1, 0.15) is 5.75 Å². The van der Waals surface area contributed by atoms with E-state index in [1.54, 1.807) is 18.2 Å². The lowest BCUT2D eigenvalue weighted by atomic mass is 9.92. The van der Waals surface area contributed by atoms with Gasteiger partial charge in [-0.15, -0.1) is 0 Å². The third-order valence-electron chi connectivity index (χ3n) is 4.44. The monoisotopic (exact) mass is 245 g/mol. The maximum absolute atomic E-state index is 5.58. The number of hydrogen-bond acceptors (Lipinski definition) is 2. The third kappa shape index (κ3) is 2.26. The standard InChI is InChI=1S/C16H23NO/c1-18-16-9-8-12-5-4-7-14(12)15(16)11-13-6-2-3-10-17-13/h8-9,13,17H,2-7,10-11H2,1H3. The molecule has 0 bridgehead atoms. The van der Waals surface area contributed by atoms with E-state index >= 15 is 0 Å². The predicted molar refractivity (Wildman–Crippen MR) is 74.4 cm³/mol. The Morgan fingerprint density at radius 1 is 1.22 bits per heavy atom. The minimum atomic E-state index is 0.653. The lowest BCUT2D eigenvalue weighted by Crippen LogP contribution is -2.35. The molecule has 1 atom stereocenters. The van der Waals surface area contributed by atoms with Gasteiger partial charge in [-0.2, -0.15) is 0 Å². The Morgan fingerprint density at radius 3 is 2.94 bits per heavy atom. The molecule has 1 saturated heterocycles. The van der Waals surface area contributed by atoms with E-state index < -0.39 is 0 Å². The van der Waals surface area contributed by atoms with Crippen LogP contribution in [0.5, 0.6) is 5.75 Å². The van der Waals surface area contributed by atoms with Crippen LogP contribution in [0.1, 0.15) is 42.4 Å². The average Bonchev–Trinajstić information content (AvgIpc) is 2.89. The van der Waals surface area contributed by atoms with Gasteiger partial charge in [0.25, 0.3) is 0 Å². The van der Waals surface area contributed by atoms with E-state index in [0.29, 0.717) is 6.04 Å². The van der Waals surface area contributed by atoms with Crippen LogP contribution in [0.4, 0.5) is 0 Å². The zero-order valence-electron chi connectivity index (χ0n) is 11.3. The summed E-state index contributed by atoms with van der Waals surface area (Å²) in [6, 6.07) is 5.08. The highest BCUT2D eigenvalue weighted by Gasteiger charge is 2.22. The molecule has 0 amide bonds. The molecule has 1 fully saturated rings. The zero-order chi connectivity index (χ0) is 12.4. The Hall–Kier alpha value is -1.02. The van der Waals surface area contributed by atoms with Gasteiger partial charge in [0.05, 0.1) is 7.11 Å². The minimum absolute atomic E-state index is 0.653. The van der Waals surface area contributed by atoms with Crippen LogP contribution in [0.25, 0.3) is 0 Å². The lowest BCUT2D eigenvalue weighted by molar-refractivity contribution is 0.380. The molecule has 1 aromatic carbocycles. The normalized spacial score (nSPS) is 22.8. The SMILES string of the molecule is COc1ccc2c(c1CC1CCCCN1)CCC2. The summed E-state index contributed by atoms with van der Waals surface area (Å²) in [5.41, 5.74) is 4.62. The highest BCUT2D eigenvalue weighted by molar-refractivity contribution is 5.47. The van der Waals surface area contributed by atoms with E-state index in [9.17, 15) is 0 Å². The van der Waals surface area contributed by atoms with Gasteiger partial charge in [-0.1, -0.05) is 12.5 Å². The fourth-order valence-electron chi connectivity index (χ4n) is 3.48. The molecule has 2 aliphatic rings. The van der Waals surface area contributed by atoms with Crippen LogP contribution < -0.4 is 10.1 Å². The highest BCUT2D eigenvalue weighted by atomic mass is 16.5. The summed E-state index contributed by atoms with van der Waals surface area (Å²) >= 11 is 0. The van der Waals surface area contributed by atoms with Crippen molar-refractivity contribution < 1.29 is 4.74 Å². The smallest absolute Gasteiger partial charge is 0.122 e. The van der Waals surface area contributed by atoms with Crippen LogP contribution in [0.15, 0.2) is 12.1 Å². The van der Waals surface area contributed by atoms with Gasteiger partial charge in [-0.05, 0) is 67.8 Å². The van der Waals surface area contributed by atoms with E-state index in [1.807, 2.05) is 0 Å². The van der Waals surface area contributed by atoms with Crippen molar-refractivity contribution in [3.05, 3.63) is 28.8 Å². The molecule has 1 N–H and O–H groups in total. The first-order chi connectivity index (χ1) is 8.88. The second-order valence-corrected chi connectivity index (χ2v) is 5.59. The van der Waals surface area contributed by atoms with Crippen molar-refractivity contribution in [2.45, 2.75) is 51.0 Å². The Kier molecular flexibility index (Phi) is 3.55. The molecule has 3 rings (SSSR count). The first-order valence-corrected chi connectivity index (χ1v) is 7.29. The summed E-state index contributed by atoms with van der Waals surface area (Å²) in [4.78, 5) is 0. The van der Waals surface area contributed by atoms with Crippen molar-refractivity contribution in [2.75, 3.05) is 13.7 Å². The van der Waals surface area contributed by atoms with E-state index in [2.05, 4.69) is 17.4 Å². The van der Waals surface area contributed by atoms with Crippen LogP contribution in [0.2, 0.25) is 0 Å². The molecule has 2 heteroatoms. The molecule has 0 spiro atoms. The number of piperidine rings is 1. The summed E-state index contributed by atoms with van der Waals surface area (Å²) in [7, 11) is 1.80. The number of hydrogen-bond donors (Lipinski definition) is 1. The van der Waals surface area contributed by atoms with Crippen molar-refractivity contribution in [1.82, 2.24) is 5.32 Å². The molecular formula is C16H23NO. The minimum Gasteiger partial charge on any atom is -0.496 e. The Labute approximate surface area is 110 Å². The number of rotatable bonds is 3. The van der Waals surface area contributed by atoms with Gasteiger partial charge in [-0.3, -0.25) is 0 Å². The highest BCUT2D eigenvalue weighted by Crippen LogP contribution is 2.33. The van der Waals surface area contributed by atoms with Gasteiger partial charge in [-0.25, -0.2) is 0 Å². The molecule has 18 heavy (non-hydrogen) atoms. The van der Waals surface area contributed by atoms with Gasteiger partial charge in [0.15, 0.2) is 0 Å². The molecule has 1 aliphatic carbocycles. The molecule has 0 radical (unpaired) electrons. The van der Waals surface area contributed by atoms with E-state index in [4.69, 9.17) is 4.74 Å². The van der Waals surface area contributed by atoms with Crippen molar-refractivity contribution in [3.8, 4) is 5.75 Å². The van der Waals surface area contributed by atoms with Crippen molar-refractivity contribution in [2.24, 2.45) is 0 Å². The third-order valence-corrected chi connectivity index (χ3v) is 4.44. The summed E-state index contributed by atoms with van der Waals surface area (Å²) in [6.07, 6.45) is 8.97. The molecule has 0 saturated carbocycles. The van der Waals surface area contributed by atoms with Crippen molar-refractivity contribution in [3.63, 3.8) is 0 Å². The van der Waals surface area contributed by atoms with Crippen LogP contribution in [-0.4, -0.2) is 19.7 Å². The van der Waals surface area contributed by atoms with E-state index in [1.165, 1.54) is 50.6 Å². The quantitative estimate of drug-likeness (QED) is 0.884. The van der Waals surface area contributed by atoms with Crippen molar-refractivity contribution >= 4 is 0 Å². The van der Waals surface area contributed by atoms with Crippen LogP contribution in [-0.2, 0) is 19.3 Å². The fraction of sp³-hybridized carbons (Fsp3) is 0.625. The summed E-state index contributed by atoms with van der Waals surface area (Å²) in [5, 5.41) is 3.65. The molecule has 1 aromatic rings. The molecule has 1 aliphatic heterocycles. The summed E-state index contributed by atoms with van der Waals surface area (Å²) < 4.78 is 5.58. The Bertz CT molecular complexity index is 421. The number of ether oxygens (including phenoxy) is 1. The largest absolute Gasteiger partial charge is 0.496 e. The van der Waals surface area contributed by atoms with E-state index in [-0.39, 0.29) is 0 Å². The van der Waals surface area contributed by atoms with Gasteiger partial charge in [0, 0.05) is 6.04 Å². The zero-order valence-corrected chi connectivity index (χ0v) is 11.3. The second kappa shape index (κ2) is 5.31. The van der Waals surface area contributed by atoms with Crippen molar-refractivity contribution in [1.29, 1.82) is 0 Å². The Balaban J connectivity index is 1.86. The van der Waals surface area contributed by atoms with Gasteiger partial charge >= 0.3 is 0 Å². The molecular weight excluding hydrogens is 222 g/mol. The maximum atomic E-state index is 5.58. The Morgan fingerprint density at radius 2 is 2.17 bits per heavy atom. The number of nitrogens with one attached hydrogen (secondary N) is 1. The first-order valence-electron chi connectivity index (χ1n) is 7.29. The average molecular weight is 245 g/mol.